The molecule has 0 unspecified atom stereocenters. The number of hydrogen-bond acceptors (Lipinski definition) is 3. The van der Waals surface area contributed by atoms with Gasteiger partial charge in [0, 0.05) is 0 Å². The standard InChI is InChI=1S/C22H22O3/c1-16-8-10-18(11-9-16)22(23)19-12-13-20(21(14-19)24-2)25-15-17-6-4-3-5-7-17/h3-14,22-23H,15H2,1-2H3/t22-/m1/s1. The van der Waals surface area contributed by atoms with Crippen LogP contribution in [0, 0.1) is 6.92 Å². The summed E-state index contributed by atoms with van der Waals surface area (Å²) in [5.41, 5.74) is 3.88. The second kappa shape index (κ2) is 7.86. The third-order valence-electron chi connectivity index (χ3n) is 4.13. The van der Waals surface area contributed by atoms with E-state index in [9.17, 15) is 5.11 Å². The van der Waals surface area contributed by atoms with Crippen LogP contribution >= 0.6 is 0 Å². The third kappa shape index (κ3) is 4.20. The van der Waals surface area contributed by atoms with E-state index in [1.165, 1.54) is 0 Å². The summed E-state index contributed by atoms with van der Waals surface area (Å²) in [6.07, 6.45) is -0.697. The molecule has 0 bridgehead atoms. The average molecular weight is 334 g/mol. The number of aliphatic hydroxyl groups is 1. The molecule has 128 valence electrons. The van der Waals surface area contributed by atoms with Crippen molar-refractivity contribution < 1.29 is 14.6 Å². The lowest BCUT2D eigenvalue weighted by atomic mass is 10.0. The molecule has 0 aromatic heterocycles. The molecular weight excluding hydrogens is 312 g/mol. The topological polar surface area (TPSA) is 38.7 Å². The van der Waals surface area contributed by atoms with Gasteiger partial charge in [-0.2, -0.15) is 0 Å². The monoisotopic (exact) mass is 334 g/mol. The van der Waals surface area contributed by atoms with Gasteiger partial charge in [-0.25, -0.2) is 0 Å². The Bertz CT molecular complexity index is 810. The molecule has 0 fully saturated rings. The second-order valence-corrected chi connectivity index (χ2v) is 6.00. The van der Waals surface area contributed by atoms with Crippen molar-refractivity contribution in [2.45, 2.75) is 19.6 Å². The Morgan fingerprint density at radius 2 is 1.52 bits per heavy atom. The normalized spacial score (nSPS) is 11.8. The Kier molecular flexibility index (Phi) is 5.36. The molecule has 3 rings (SSSR count). The van der Waals surface area contributed by atoms with Crippen molar-refractivity contribution in [2.75, 3.05) is 7.11 Å². The number of aryl methyl sites for hydroxylation is 1. The predicted octanol–water partition coefficient (Wildman–Crippen LogP) is 4.66. The van der Waals surface area contributed by atoms with Crippen LogP contribution in [-0.2, 0) is 6.61 Å². The molecule has 1 N–H and O–H groups in total. The number of methoxy groups -OCH3 is 1. The highest BCUT2D eigenvalue weighted by molar-refractivity contribution is 5.45. The highest BCUT2D eigenvalue weighted by Crippen LogP contribution is 2.33. The van der Waals surface area contributed by atoms with Crippen molar-refractivity contribution in [2.24, 2.45) is 0 Å². The van der Waals surface area contributed by atoms with Gasteiger partial charge >= 0.3 is 0 Å². The van der Waals surface area contributed by atoms with Crippen LogP contribution in [0.2, 0.25) is 0 Å². The zero-order chi connectivity index (χ0) is 17.6. The summed E-state index contributed by atoms with van der Waals surface area (Å²) < 4.78 is 11.3. The molecule has 1 atom stereocenters. The molecule has 25 heavy (non-hydrogen) atoms. The number of benzene rings is 3. The van der Waals surface area contributed by atoms with Crippen LogP contribution in [0.25, 0.3) is 0 Å². The molecule has 0 aliphatic carbocycles. The minimum absolute atomic E-state index is 0.469. The summed E-state index contributed by atoms with van der Waals surface area (Å²) in [4.78, 5) is 0. The van der Waals surface area contributed by atoms with Crippen molar-refractivity contribution in [3.05, 3.63) is 95.1 Å². The smallest absolute Gasteiger partial charge is 0.161 e. The first kappa shape index (κ1) is 17.1. The highest BCUT2D eigenvalue weighted by atomic mass is 16.5. The van der Waals surface area contributed by atoms with Crippen LogP contribution in [-0.4, -0.2) is 12.2 Å². The Balaban J connectivity index is 1.78. The maximum absolute atomic E-state index is 10.6. The van der Waals surface area contributed by atoms with E-state index in [0.717, 1.165) is 22.3 Å². The summed E-state index contributed by atoms with van der Waals surface area (Å²) in [5, 5.41) is 10.6. The summed E-state index contributed by atoms with van der Waals surface area (Å²) in [6, 6.07) is 23.4. The largest absolute Gasteiger partial charge is 0.493 e. The number of aliphatic hydroxyl groups excluding tert-OH is 1. The van der Waals surface area contributed by atoms with Gasteiger partial charge in [-0.3, -0.25) is 0 Å². The Morgan fingerprint density at radius 3 is 2.20 bits per heavy atom. The quantitative estimate of drug-likeness (QED) is 0.712. The Hall–Kier alpha value is -2.78. The van der Waals surface area contributed by atoms with Crippen molar-refractivity contribution in [3.8, 4) is 11.5 Å². The molecule has 3 heteroatoms. The van der Waals surface area contributed by atoms with Gasteiger partial charge in [0.1, 0.15) is 12.7 Å². The first-order chi connectivity index (χ1) is 12.2. The van der Waals surface area contributed by atoms with Crippen LogP contribution in [0.3, 0.4) is 0 Å². The molecule has 0 aliphatic rings. The fraction of sp³-hybridized carbons (Fsp3) is 0.182. The first-order valence-corrected chi connectivity index (χ1v) is 8.26. The van der Waals surface area contributed by atoms with E-state index < -0.39 is 6.10 Å². The predicted molar refractivity (Wildman–Crippen MR) is 99.0 cm³/mol. The van der Waals surface area contributed by atoms with Gasteiger partial charge in [0.2, 0.25) is 0 Å². The lowest BCUT2D eigenvalue weighted by molar-refractivity contribution is 0.219. The number of rotatable bonds is 6. The Morgan fingerprint density at radius 1 is 0.840 bits per heavy atom. The zero-order valence-corrected chi connectivity index (χ0v) is 14.5. The Labute approximate surface area is 148 Å². The molecule has 3 nitrogen and oxygen atoms in total. The van der Waals surface area contributed by atoms with Gasteiger partial charge in [0.25, 0.3) is 0 Å². The van der Waals surface area contributed by atoms with Crippen LogP contribution < -0.4 is 9.47 Å². The van der Waals surface area contributed by atoms with E-state index in [4.69, 9.17) is 9.47 Å². The molecule has 3 aromatic rings. The molecule has 0 aliphatic heterocycles. The lowest BCUT2D eigenvalue weighted by Gasteiger charge is -2.16. The summed E-state index contributed by atoms with van der Waals surface area (Å²) >= 11 is 0. The van der Waals surface area contributed by atoms with E-state index in [0.29, 0.717) is 18.1 Å². The van der Waals surface area contributed by atoms with Crippen LogP contribution in [0.5, 0.6) is 11.5 Å². The summed E-state index contributed by atoms with van der Waals surface area (Å²) in [7, 11) is 1.60. The van der Waals surface area contributed by atoms with E-state index in [1.54, 1.807) is 7.11 Å². The summed E-state index contributed by atoms with van der Waals surface area (Å²) in [6.45, 7) is 2.50. The van der Waals surface area contributed by atoms with Crippen molar-refractivity contribution >= 4 is 0 Å². The number of ether oxygens (including phenoxy) is 2. The van der Waals surface area contributed by atoms with E-state index >= 15 is 0 Å². The van der Waals surface area contributed by atoms with Gasteiger partial charge in [-0.1, -0.05) is 66.2 Å². The van der Waals surface area contributed by atoms with Gasteiger partial charge in [0.05, 0.1) is 7.11 Å². The second-order valence-electron chi connectivity index (χ2n) is 6.00. The van der Waals surface area contributed by atoms with Gasteiger partial charge < -0.3 is 14.6 Å². The molecule has 0 heterocycles. The molecule has 0 saturated carbocycles. The highest BCUT2D eigenvalue weighted by Gasteiger charge is 2.14. The van der Waals surface area contributed by atoms with Crippen molar-refractivity contribution in [3.63, 3.8) is 0 Å². The van der Waals surface area contributed by atoms with Crippen molar-refractivity contribution in [1.29, 1.82) is 0 Å². The van der Waals surface area contributed by atoms with Crippen molar-refractivity contribution in [1.82, 2.24) is 0 Å². The molecule has 3 aromatic carbocycles. The first-order valence-electron chi connectivity index (χ1n) is 8.26. The zero-order valence-electron chi connectivity index (χ0n) is 14.5. The van der Waals surface area contributed by atoms with E-state index in [2.05, 4.69) is 0 Å². The molecule has 0 saturated heterocycles. The average Bonchev–Trinajstić information content (AvgIpc) is 2.67. The van der Waals surface area contributed by atoms with Crippen LogP contribution in [0.4, 0.5) is 0 Å². The van der Waals surface area contributed by atoms with Crippen LogP contribution in [0.15, 0.2) is 72.8 Å². The lowest BCUT2D eigenvalue weighted by Crippen LogP contribution is -2.02. The number of hydrogen-bond donors (Lipinski definition) is 1. The molecule has 0 spiro atoms. The van der Waals surface area contributed by atoms with Gasteiger partial charge in [0.15, 0.2) is 11.5 Å². The minimum atomic E-state index is -0.697. The fourth-order valence-electron chi connectivity index (χ4n) is 2.65. The van der Waals surface area contributed by atoms with Gasteiger partial charge in [-0.15, -0.1) is 0 Å². The SMILES string of the molecule is COc1cc([C@H](O)c2ccc(C)cc2)ccc1OCc1ccccc1. The molecule has 0 amide bonds. The maximum Gasteiger partial charge on any atom is 0.161 e. The fourth-order valence-corrected chi connectivity index (χ4v) is 2.65. The van der Waals surface area contributed by atoms with E-state index in [-0.39, 0.29) is 0 Å². The van der Waals surface area contributed by atoms with E-state index in [1.807, 2.05) is 79.7 Å². The minimum Gasteiger partial charge on any atom is -0.493 e. The van der Waals surface area contributed by atoms with Crippen LogP contribution in [0.1, 0.15) is 28.4 Å². The summed E-state index contributed by atoms with van der Waals surface area (Å²) in [5.74, 6) is 1.27. The third-order valence-corrected chi connectivity index (χ3v) is 4.13. The molecule has 0 radical (unpaired) electrons. The maximum atomic E-state index is 10.6. The molecular formula is C22H22O3. The van der Waals surface area contributed by atoms with Gasteiger partial charge in [-0.05, 0) is 35.7 Å².